The largest absolute Gasteiger partial charge is 0.367 e. The highest BCUT2D eigenvalue weighted by Crippen LogP contribution is 2.34. The fraction of sp³-hybridized carbons (Fsp3) is 0.0526. The summed E-state index contributed by atoms with van der Waals surface area (Å²) in [5.74, 6) is 0.294. The van der Waals surface area contributed by atoms with E-state index in [1.807, 2.05) is 36.4 Å². The minimum absolute atomic E-state index is 0.294. The van der Waals surface area contributed by atoms with Crippen LogP contribution in [-0.4, -0.2) is 10.1 Å². The van der Waals surface area contributed by atoms with Gasteiger partial charge in [-0.3, -0.25) is 0 Å². The highest BCUT2D eigenvalue weighted by atomic mass is 16.5. The molecule has 2 N–H and O–H groups in total. The number of hydrogen-bond acceptors (Lipinski definition) is 4. The van der Waals surface area contributed by atoms with Gasteiger partial charge in [0, 0.05) is 11.1 Å². The second-order valence-electron chi connectivity index (χ2n) is 5.53. The van der Waals surface area contributed by atoms with E-state index in [1.54, 1.807) is 0 Å². The Morgan fingerprint density at radius 2 is 1.65 bits per heavy atom. The van der Waals surface area contributed by atoms with Gasteiger partial charge in [0.15, 0.2) is 0 Å². The SMILES string of the molecule is Cc1ccc(-c2cc(-c3ccccc3)nc3noc(N)c23)cc1. The molecule has 0 aliphatic carbocycles. The number of nitrogen functional groups attached to an aromatic ring is 1. The number of aryl methyl sites for hydroxylation is 1. The molecule has 0 fully saturated rings. The lowest BCUT2D eigenvalue weighted by Gasteiger charge is -2.07. The number of benzene rings is 2. The minimum atomic E-state index is 0.294. The Balaban J connectivity index is 2.01. The standard InChI is InChI=1S/C19H15N3O/c1-12-7-9-13(10-8-12)15-11-16(14-5-3-2-4-6-14)21-19-17(15)18(20)23-22-19/h2-11H,20H2,1H3. The smallest absolute Gasteiger partial charge is 0.232 e. The van der Waals surface area contributed by atoms with E-state index in [0.717, 1.165) is 27.8 Å². The van der Waals surface area contributed by atoms with Gasteiger partial charge in [-0.25, -0.2) is 4.98 Å². The summed E-state index contributed by atoms with van der Waals surface area (Å²) in [5, 5.41) is 4.75. The Bertz CT molecular complexity index is 973. The van der Waals surface area contributed by atoms with Crippen LogP contribution in [0.25, 0.3) is 33.4 Å². The van der Waals surface area contributed by atoms with E-state index in [2.05, 4.69) is 41.3 Å². The molecule has 23 heavy (non-hydrogen) atoms. The molecule has 0 aliphatic heterocycles. The first-order valence-corrected chi connectivity index (χ1v) is 7.41. The molecule has 0 saturated heterocycles. The molecule has 0 bridgehead atoms. The van der Waals surface area contributed by atoms with Gasteiger partial charge in [-0.1, -0.05) is 65.3 Å². The zero-order valence-corrected chi connectivity index (χ0v) is 12.7. The molecule has 4 nitrogen and oxygen atoms in total. The Morgan fingerprint density at radius 3 is 2.39 bits per heavy atom. The van der Waals surface area contributed by atoms with Crippen LogP contribution in [0.4, 0.5) is 5.88 Å². The van der Waals surface area contributed by atoms with Gasteiger partial charge < -0.3 is 10.3 Å². The first kappa shape index (κ1) is 13.5. The van der Waals surface area contributed by atoms with Crippen LogP contribution in [0.2, 0.25) is 0 Å². The van der Waals surface area contributed by atoms with E-state index in [0.29, 0.717) is 11.5 Å². The number of fused-ring (bicyclic) bond motifs is 1. The maximum Gasteiger partial charge on any atom is 0.232 e. The molecule has 0 aliphatic rings. The van der Waals surface area contributed by atoms with Gasteiger partial charge in [-0.15, -0.1) is 0 Å². The number of nitrogens with zero attached hydrogens (tertiary/aromatic N) is 2. The summed E-state index contributed by atoms with van der Waals surface area (Å²) in [5.41, 5.74) is 11.6. The molecule has 0 radical (unpaired) electrons. The predicted octanol–water partition coefficient (Wildman–Crippen LogP) is 4.45. The molecule has 0 amide bonds. The second kappa shape index (κ2) is 5.25. The monoisotopic (exact) mass is 301 g/mol. The fourth-order valence-electron chi connectivity index (χ4n) is 2.70. The van der Waals surface area contributed by atoms with Crippen molar-refractivity contribution in [3.8, 4) is 22.4 Å². The zero-order chi connectivity index (χ0) is 15.8. The van der Waals surface area contributed by atoms with Gasteiger partial charge in [0.1, 0.15) is 0 Å². The third-order valence-corrected chi connectivity index (χ3v) is 3.91. The van der Waals surface area contributed by atoms with Crippen molar-refractivity contribution in [3.05, 3.63) is 66.2 Å². The average Bonchev–Trinajstić information content (AvgIpc) is 2.97. The predicted molar refractivity (Wildman–Crippen MR) is 91.8 cm³/mol. The van der Waals surface area contributed by atoms with Crippen molar-refractivity contribution in [2.24, 2.45) is 0 Å². The second-order valence-corrected chi connectivity index (χ2v) is 5.53. The normalized spacial score (nSPS) is 11.0. The van der Waals surface area contributed by atoms with Gasteiger partial charge in [0.25, 0.3) is 0 Å². The van der Waals surface area contributed by atoms with E-state index < -0.39 is 0 Å². The van der Waals surface area contributed by atoms with E-state index >= 15 is 0 Å². The molecule has 2 aromatic heterocycles. The quantitative estimate of drug-likeness (QED) is 0.594. The van der Waals surface area contributed by atoms with Crippen LogP contribution in [0.15, 0.2) is 65.2 Å². The molecule has 0 atom stereocenters. The summed E-state index contributed by atoms with van der Waals surface area (Å²) in [7, 11) is 0. The molecule has 0 unspecified atom stereocenters. The van der Waals surface area contributed by atoms with Crippen molar-refractivity contribution < 1.29 is 4.52 Å². The van der Waals surface area contributed by atoms with Gasteiger partial charge in [-0.2, -0.15) is 0 Å². The molecular formula is C19H15N3O. The molecule has 112 valence electrons. The summed E-state index contributed by atoms with van der Waals surface area (Å²) in [6, 6.07) is 20.4. The van der Waals surface area contributed by atoms with Gasteiger partial charge in [0.05, 0.1) is 11.1 Å². The van der Waals surface area contributed by atoms with Crippen molar-refractivity contribution in [1.82, 2.24) is 10.1 Å². The zero-order valence-electron chi connectivity index (χ0n) is 12.7. The van der Waals surface area contributed by atoms with Crippen LogP contribution >= 0.6 is 0 Å². The number of nitrogens with two attached hydrogens (primary N) is 1. The highest BCUT2D eigenvalue weighted by molar-refractivity contribution is 6.00. The van der Waals surface area contributed by atoms with Crippen LogP contribution in [0.5, 0.6) is 0 Å². The topological polar surface area (TPSA) is 64.9 Å². The van der Waals surface area contributed by atoms with E-state index in [-0.39, 0.29) is 0 Å². The maximum absolute atomic E-state index is 5.96. The molecule has 4 rings (SSSR count). The van der Waals surface area contributed by atoms with Crippen LogP contribution in [0.3, 0.4) is 0 Å². The maximum atomic E-state index is 5.96. The Morgan fingerprint density at radius 1 is 0.913 bits per heavy atom. The lowest BCUT2D eigenvalue weighted by atomic mass is 9.99. The molecule has 4 heteroatoms. The number of aromatic nitrogens is 2. The molecular weight excluding hydrogens is 286 g/mol. The van der Waals surface area contributed by atoms with Crippen molar-refractivity contribution in [3.63, 3.8) is 0 Å². The molecule has 4 aromatic rings. The van der Waals surface area contributed by atoms with Crippen molar-refractivity contribution in [2.75, 3.05) is 5.73 Å². The molecule has 0 spiro atoms. The van der Waals surface area contributed by atoms with Crippen LogP contribution < -0.4 is 5.73 Å². The van der Waals surface area contributed by atoms with Crippen LogP contribution in [-0.2, 0) is 0 Å². The van der Waals surface area contributed by atoms with Crippen molar-refractivity contribution in [1.29, 1.82) is 0 Å². The van der Waals surface area contributed by atoms with Crippen molar-refractivity contribution in [2.45, 2.75) is 6.92 Å². The Hall–Kier alpha value is -3.14. The third kappa shape index (κ3) is 2.34. The first-order valence-electron chi connectivity index (χ1n) is 7.41. The van der Waals surface area contributed by atoms with E-state index in [4.69, 9.17) is 10.3 Å². The molecule has 0 saturated carbocycles. The number of rotatable bonds is 2. The lowest BCUT2D eigenvalue weighted by molar-refractivity contribution is 0.443. The van der Waals surface area contributed by atoms with Crippen LogP contribution in [0.1, 0.15) is 5.56 Å². The summed E-state index contributed by atoms with van der Waals surface area (Å²) in [6.45, 7) is 2.06. The number of hydrogen-bond donors (Lipinski definition) is 1. The summed E-state index contributed by atoms with van der Waals surface area (Å²) in [6.07, 6.45) is 0. The van der Waals surface area contributed by atoms with Gasteiger partial charge in [-0.05, 0) is 18.6 Å². The number of anilines is 1. The average molecular weight is 301 g/mol. The summed E-state index contributed by atoms with van der Waals surface area (Å²) >= 11 is 0. The molecule has 2 aromatic carbocycles. The van der Waals surface area contributed by atoms with Crippen LogP contribution in [0, 0.1) is 6.92 Å². The van der Waals surface area contributed by atoms with E-state index in [9.17, 15) is 0 Å². The fourth-order valence-corrected chi connectivity index (χ4v) is 2.70. The van der Waals surface area contributed by atoms with Crippen molar-refractivity contribution >= 4 is 16.9 Å². The number of pyridine rings is 1. The first-order chi connectivity index (χ1) is 11.2. The van der Waals surface area contributed by atoms with Gasteiger partial charge >= 0.3 is 0 Å². The Labute approximate surface area is 133 Å². The molecule has 2 heterocycles. The summed E-state index contributed by atoms with van der Waals surface area (Å²) in [4.78, 5) is 4.59. The minimum Gasteiger partial charge on any atom is -0.367 e. The third-order valence-electron chi connectivity index (χ3n) is 3.91. The lowest BCUT2D eigenvalue weighted by Crippen LogP contribution is -1.91. The summed E-state index contributed by atoms with van der Waals surface area (Å²) < 4.78 is 5.16. The van der Waals surface area contributed by atoms with E-state index in [1.165, 1.54) is 5.56 Å². The van der Waals surface area contributed by atoms with Gasteiger partial charge in [0.2, 0.25) is 11.5 Å². The Kier molecular flexibility index (Phi) is 3.08. The highest BCUT2D eigenvalue weighted by Gasteiger charge is 2.16.